The summed E-state index contributed by atoms with van der Waals surface area (Å²) in [5.41, 5.74) is 1.79. The molecule has 0 spiro atoms. The lowest BCUT2D eigenvalue weighted by atomic mass is 10.2. The van der Waals surface area contributed by atoms with Gasteiger partial charge in [0.25, 0.3) is 0 Å². The number of amides is 1. The van der Waals surface area contributed by atoms with E-state index < -0.39 is 0 Å². The molecule has 2 rings (SSSR count). The summed E-state index contributed by atoms with van der Waals surface area (Å²) in [6, 6.07) is 15.2. The average molecular weight is 384 g/mol. The van der Waals surface area contributed by atoms with Crippen molar-refractivity contribution in [1.29, 1.82) is 0 Å². The molecule has 0 aromatic heterocycles. The number of aliphatic imine (C=N–C) groups is 1. The Labute approximate surface area is 166 Å². The molecule has 0 atom stereocenters. The highest BCUT2D eigenvalue weighted by Gasteiger charge is 2.01. The molecule has 0 aliphatic heterocycles. The number of rotatable bonds is 9. The van der Waals surface area contributed by atoms with E-state index in [2.05, 4.69) is 20.9 Å². The molecule has 2 aromatic carbocycles. The number of benzene rings is 2. The van der Waals surface area contributed by atoms with E-state index in [4.69, 9.17) is 9.47 Å². The molecular formula is C21H28N4O3. The second-order valence-corrected chi connectivity index (χ2v) is 6.03. The fraction of sp³-hybridized carbons (Fsp3) is 0.333. The van der Waals surface area contributed by atoms with E-state index in [0.717, 1.165) is 23.8 Å². The van der Waals surface area contributed by atoms with Gasteiger partial charge in [0.1, 0.15) is 18.1 Å². The van der Waals surface area contributed by atoms with Gasteiger partial charge in [-0.05, 0) is 36.8 Å². The van der Waals surface area contributed by atoms with Gasteiger partial charge in [-0.2, -0.15) is 0 Å². The van der Waals surface area contributed by atoms with Gasteiger partial charge >= 0.3 is 0 Å². The van der Waals surface area contributed by atoms with E-state index >= 15 is 0 Å². The molecule has 0 saturated carbocycles. The molecule has 0 aliphatic rings. The van der Waals surface area contributed by atoms with Gasteiger partial charge < -0.3 is 25.4 Å². The number of ether oxygens (including phenoxy) is 2. The third-order valence-electron chi connectivity index (χ3n) is 3.72. The number of hydrogen-bond acceptors (Lipinski definition) is 4. The van der Waals surface area contributed by atoms with Gasteiger partial charge in [0.2, 0.25) is 5.91 Å². The zero-order chi connectivity index (χ0) is 20.2. The smallest absolute Gasteiger partial charge is 0.221 e. The van der Waals surface area contributed by atoms with Crippen LogP contribution < -0.4 is 25.4 Å². The summed E-state index contributed by atoms with van der Waals surface area (Å²) in [6.45, 7) is 5.87. The standard InChI is InChI=1S/C21H28N4O3/c1-4-22-21(24-15-17-7-5-9-19(13-17)27-3)23-11-12-28-20-10-6-8-18(14-20)25-16(2)26/h5-10,13-14H,4,11-12,15H2,1-3H3,(H,25,26)(H2,22,23,24). The molecule has 0 bridgehead atoms. The Hall–Kier alpha value is -3.22. The Morgan fingerprint density at radius 3 is 2.61 bits per heavy atom. The Bertz CT molecular complexity index is 793. The summed E-state index contributed by atoms with van der Waals surface area (Å²) in [4.78, 5) is 15.7. The molecule has 0 aliphatic carbocycles. The lowest BCUT2D eigenvalue weighted by Gasteiger charge is -2.13. The summed E-state index contributed by atoms with van der Waals surface area (Å²) in [6.07, 6.45) is 0. The SMILES string of the molecule is CCNC(=NCc1cccc(OC)c1)NCCOc1cccc(NC(C)=O)c1. The second-order valence-electron chi connectivity index (χ2n) is 6.03. The van der Waals surface area contributed by atoms with Crippen molar-refractivity contribution in [3.8, 4) is 11.5 Å². The Morgan fingerprint density at radius 2 is 1.86 bits per heavy atom. The topological polar surface area (TPSA) is 84.0 Å². The van der Waals surface area contributed by atoms with Crippen LogP contribution in [0.5, 0.6) is 11.5 Å². The molecule has 2 aromatic rings. The van der Waals surface area contributed by atoms with E-state index in [-0.39, 0.29) is 5.91 Å². The van der Waals surface area contributed by atoms with Crippen LogP contribution in [0.15, 0.2) is 53.5 Å². The van der Waals surface area contributed by atoms with E-state index in [0.29, 0.717) is 31.1 Å². The average Bonchev–Trinajstić information content (AvgIpc) is 2.69. The first kappa shape index (κ1) is 21.1. The minimum Gasteiger partial charge on any atom is -0.497 e. The summed E-state index contributed by atoms with van der Waals surface area (Å²) < 4.78 is 11.0. The summed E-state index contributed by atoms with van der Waals surface area (Å²) in [5.74, 6) is 2.13. The number of nitrogens with one attached hydrogen (secondary N) is 3. The Kier molecular flexibility index (Phi) is 8.65. The zero-order valence-electron chi connectivity index (χ0n) is 16.6. The van der Waals surface area contributed by atoms with E-state index in [1.807, 2.05) is 49.4 Å². The third-order valence-corrected chi connectivity index (χ3v) is 3.72. The summed E-state index contributed by atoms with van der Waals surface area (Å²) in [5, 5.41) is 9.20. The first-order chi connectivity index (χ1) is 13.6. The van der Waals surface area contributed by atoms with Crippen molar-refractivity contribution in [3.63, 3.8) is 0 Å². The van der Waals surface area contributed by atoms with Crippen molar-refractivity contribution in [2.24, 2.45) is 4.99 Å². The van der Waals surface area contributed by atoms with E-state index in [1.54, 1.807) is 13.2 Å². The second kappa shape index (κ2) is 11.5. The van der Waals surface area contributed by atoms with Gasteiger partial charge in [0.05, 0.1) is 20.2 Å². The van der Waals surface area contributed by atoms with Crippen LogP contribution in [-0.4, -0.2) is 38.7 Å². The monoisotopic (exact) mass is 384 g/mol. The molecule has 150 valence electrons. The molecule has 7 heteroatoms. The maximum absolute atomic E-state index is 11.1. The van der Waals surface area contributed by atoms with Gasteiger partial charge in [-0.3, -0.25) is 4.79 Å². The Morgan fingerprint density at radius 1 is 1.07 bits per heavy atom. The molecule has 28 heavy (non-hydrogen) atoms. The first-order valence-corrected chi connectivity index (χ1v) is 9.26. The minimum atomic E-state index is -0.110. The van der Waals surface area contributed by atoms with Crippen molar-refractivity contribution in [1.82, 2.24) is 10.6 Å². The van der Waals surface area contributed by atoms with Crippen LogP contribution in [0.2, 0.25) is 0 Å². The van der Waals surface area contributed by atoms with Crippen LogP contribution in [0.25, 0.3) is 0 Å². The quantitative estimate of drug-likeness (QED) is 0.352. The first-order valence-electron chi connectivity index (χ1n) is 9.26. The predicted molar refractivity (Wildman–Crippen MR) is 112 cm³/mol. The largest absolute Gasteiger partial charge is 0.497 e. The van der Waals surface area contributed by atoms with Crippen LogP contribution in [0.4, 0.5) is 5.69 Å². The molecule has 1 amide bonds. The maximum Gasteiger partial charge on any atom is 0.221 e. The predicted octanol–water partition coefficient (Wildman–Crippen LogP) is 2.79. The lowest BCUT2D eigenvalue weighted by Crippen LogP contribution is -2.39. The number of nitrogens with zero attached hydrogens (tertiary/aromatic N) is 1. The van der Waals surface area contributed by atoms with Crippen molar-refractivity contribution >= 4 is 17.6 Å². The summed E-state index contributed by atoms with van der Waals surface area (Å²) >= 11 is 0. The van der Waals surface area contributed by atoms with Crippen molar-refractivity contribution in [2.75, 3.05) is 32.1 Å². The molecule has 3 N–H and O–H groups in total. The van der Waals surface area contributed by atoms with Crippen LogP contribution in [0.3, 0.4) is 0 Å². The zero-order valence-corrected chi connectivity index (χ0v) is 16.6. The van der Waals surface area contributed by atoms with Crippen LogP contribution >= 0.6 is 0 Å². The highest BCUT2D eigenvalue weighted by atomic mass is 16.5. The fourth-order valence-corrected chi connectivity index (χ4v) is 2.49. The molecule has 0 saturated heterocycles. The Balaban J connectivity index is 1.83. The van der Waals surface area contributed by atoms with Crippen molar-refractivity contribution in [2.45, 2.75) is 20.4 Å². The number of guanidine groups is 1. The van der Waals surface area contributed by atoms with E-state index in [1.165, 1.54) is 6.92 Å². The molecular weight excluding hydrogens is 356 g/mol. The van der Waals surface area contributed by atoms with Crippen molar-refractivity contribution in [3.05, 3.63) is 54.1 Å². The van der Waals surface area contributed by atoms with Crippen molar-refractivity contribution < 1.29 is 14.3 Å². The fourth-order valence-electron chi connectivity index (χ4n) is 2.49. The third kappa shape index (κ3) is 7.57. The van der Waals surface area contributed by atoms with Crippen LogP contribution in [0.1, 0.15) is 19.4 Å². The lowest BCUT2D eigenvalue weighted by molar-refractivity contribution is -0.114. The highest BCUT2D eigenvalue weighted by Crippen LogP contribution is 2.17. The van der Waals surface area contributed by atoms with Gasteiger partial charge in [0.15, 0.2) is 5.96 Å². The minimum absolute atomic E-state index is 0.110. The van der Waals surface area contributed by atoms with Gasteiger partial charge in [-0.1, -0.05) is 18.2 Å². The molecule has 0 heterocycles. The number of hydrogen-bond donors (Lipinski definition) is 3. The molecule has 0 radical (unpaired) electrons. The normalized spacial score (nSPS) is 10.9. The van der Waals surface area contributed by atoms with E-state index in [9.17, 15) is 4.79 Å². The van der Waals surface area contributed by atoms with Crippen LogP contribution in [-0.2, 0) is 11.3 Å². The molecule has 0 fully saturated rings. The number of carbonyl (C=O) groups is 1. The van der Waals surface area contributed by atoms with Gasteiger partial charge in [0, 0.05) is 25.2 Å². The maximum atomic E-state index is 11.1. The highest BCUT2D eigenvalue weighted by molar-refractivity contribution is 5.88. The molecule has 7 nitrogen and oxygen atoms in total. The van der Waals surface area contributed by atoms with Gasteiger partial charge in [-0.25, -0.2) is 4.99 Å². The number of methoxy groups -OCH3 is 1. The molecule has 0 unspecified atom stereocenters. The van der Waals surface area contributed by atoms with Crippen LogP contribution in [0, 0.1) is 0 Å². The number of carbonyl (C=O) groups excluding carboxylic acids is 1. The summed E-state index contributed by atoms with van der Waals surface area (Å²) in [7, 11) is 1.65. The van der Waals surface area contributed by atoms with Gasteiger partial charge in [-0.15, -0.1) is 0 Å². The number of anilines is 1.